The molecule has 4 rings (SSSR count). The number of nitrogens with one attached hydrogen (secondary N) is 1. The van der Waals surface area contributed by atoms with Gasteiger partial charge in [-0.05, 0) is 44.4 Å². The van der Waals surface area contributed by atoms with Gasteiger partial charge in [0.2, 0.25) is 5.91 Å². The zero-order valence-electron chi connectivity index (χ0n) is 17.0. The molecule has 1 N–H and O–H groups in total. The van der Waals surface area contributed by atoms with Gasteiger partial charge in [-0.2, -0.15) is 0 Å². The van der Waals surface area contributed by atoms with E-state index in [1.807, 2.05) is 25.1 Å². The Morgan fingerprint density at radius 3 is 2.50 bits per heavy atom. The SMILES string of the molecule is CC(=O)c1ccccc1NC(=O)[C@@H](C)Sc1nnc(C2CC2)n1Cc1ccccc1. The first kappa shape index (κ1) is 20.3. The maximum atomic E-state index is 12.8. The van der Waals surface area contributed by atoms with Crippen LogP contribution in [0.3, 0.4) is 0 Å². The van der Waals surface area contributed by atoms with E-state index < -0.39 is 5.25 Å². The zero-order valence-corrected chi connectivity index (χ0v) is 17.9. The predicted octanol–water partition coefficient (Wildman–Crippen LogP) is 4.53. The average Bonchev–Trinajstić information content (AvgIpc) is 3.52. The molecule has 0 radical (unpaired) electrons. The van der Waals surface area contributed by atoms with Crippen LogP contribution in [0.25, 0.3) is 0 Å². The van der Waals surface area contributed by atoms with Gasteiger partial charge in [-0.25, -0.2) is 0 Å². The summed E-state index contributed by atoms with van der Waals surface area (Å²) in [5.74, 6) is 1.21. The number of ketones is 1. The minimum atomic E-state index is -0.393. The molecule has 1 aromatic heterocycles. The topological polar surface area (TPSA) is 76.9 Å². The van der Waals surface area contributed by atoms with Crippen molar-refractivity contribution in [3.05, 3.63) is 71.5 Å². The second kappa shape index (κ2) is 8.83. The van der Waals surface area contributed by atoms with Crippen LogP contribution in [0.15, 0.2) is 59.8 Å². The Bertz CT molecular complexity index is 1060. The van der Waals surface area contributed by atoms with Gasteiger partial charge in [0, 0.05) is 11.5 Å². The highest BCUT2D eigenvalue weighted by Gasteiger charge is 2.31. The standard InChI is InChI=1S/C23H24N4O2S/c1-15(28)19-10-6-7-11-20(19)24-22(29)16(2)30-23-26-25-21(18-12-13-18)27(23)14-17-8-4-3-5-9-17/h3-11,16,18H,12-14H2,1-2H3,(H,24,29)/t16-/m1/s1. The van der Waals surface area contributed by atoms with Crippen LogP contribution in [0.4, 0.5) is 5.69 Å². The fourth-order valence-corrected chi connectivity index (χ4v) is 4.15. The predicted molar refractivity (Wildman–Crippen MR) is 118 cm³/mol. The number of anilines is 1. The summed E-state index contributed by atoms with van der Waals surface area (Å²) >= 11 is 1.39. The molecule has 1 saturated carbocycles. The minimum absolute atomic E-state index is 0.0807. The van der Waals surface area contributed by atoms with Gasteiger partial charge in [-0.1, -0.05) is 54.2 Å². The third-order valence-corrected chi connectivity index (χ3v) is 6.17. The van der Waals surface area contributed by atoms with Crippen molar-refractivity contribution in [2.24, 2.45) is 0 Å². The third kappa shape index (κ3) is 4.62. The molecule has 1 heterocycles. The molecule has 6 nitrogen and oxygen atoms in total. The van der Waals surface area contributed by atoms with Crippen molar-refractivity contribution in [2.75, 3.05) is 5.32 Å². The monoisotopic (exact) mass is 420 g/mol. The summed E-state index contributed by atoms with van der Waals surface area (Å²) in [6, 6.07) is 17.3. The third-order valence-electron chi connectivity index (χ3n) is 5.09. The first-order valence-electron chi connectivity index (χ1n) is 10.1. The first-order valence-corrected chi connectivity index (χ1v) is 11.0. The molecule has 0 aliphatic heterocycles. The number of thioether (sulfide) groups is 1. The molecular formula is C23H24N4O2S. The van der Waals surface area contributed by atoms with Crippen molar-refractivity contribution in [1.29, 1.82) is 0 Å². The number of benzene rings is 2. The summed E-state index contributed by atoms with van der Waals surface area (Å²) in [6.45, 7) is 4.02. The molecule has 0 spiro atoms. The highest BCUT2D eigenvalue weighted by molar-refractivity contribution is 8.00. The van der Waals surface area contributed by atoms with Gasteiger partial charge in [-0.15, -0.1) is 10.2 Å². The number of nitrogens with zero attached hydrogens (tertiary/aromatic N) is 3. The van der Waals surface area contributed by atoms with Crippen molar-refractivity contribution in [3.63, 3.8) is 0 Å². The molecule has 0 unspecified atom stereocenters. The normalized spacial score (nSPS) is 14.3. The second-order valence-electron chi connectivity index (χ2n) is 7.54. The average molecular weight is 421 g/mol. The number of hydrogen-bond acceptors (Lipinski definition) is 5. The molecule has 7 heteroatoms. The summed E-state index contributed by atoms with van der Waals surface area (Å²) < 4.78 is 2.13. The Morgan fingerprint density at radius 2 is 1.80 bits per heavy atom. The van der Waals surface area contributed by atoms with Gasteiger partial charge < -0.3 is 9.88 Å². The maximum Gasteiger partial charge on any atom is 0.237 e. The van der Waals surface area contributed by atoms with Gasteiger partial charge in [0.15, 0.2) is 10.9 Å². The van der Waals surface area contributed by atoms with Gasteiger partial charge in [0.1, 0.15) is 5.82 Å². The molecule has 2 aromatic carbocycles. The minimum Gasteiger partial charge on any atom is -0.324 e. The van der Waals surface area contributed by atoms with Gasteiger partial charge >= 0.3 is 0 Å². The molecule has 30 heavy (non-hydrogen) atoms. The molecule has 0 bridgehead atoms. The Hall–Kier alpha value is -2.93. The molecule has 1 aliphatic rings. The number of Topliss-reactive ketones (excluding diaryl/α,β-unsaturated/α-hetero) is 1. The summed E-state index contributed by atoms with van der Waals surface area (Å²) in [5.41, 5.74) is 2.21. The van der Waals surface area contributed by atoms with Crippen molar-refractivity contribution < 1.29 is 9.59 Å². The molecule has 1 aliphatic carbocycles. The smallest absolute Gasteiger partial charge is 0.237 e. The van der Waals surface area contributed by atoms with E-state index in [-0.39, 0.29) is 11.7 Å². The quantitative estimate of drug-likeness (QED) is 0.428. The number of amides is 1. The van der Waals surface area contributed by atoms with E-state index in [1.165, 1.54) is 24.2 Å². The lowest BCUT2D eigenvalue weighted by molar-refractivity contribution is -0.115. The summed E-state index contributed by atoms with van der Waals surface area (Å²) in [7, 11) is 0. The highest BCUT2D eigenvalue weighted by atomic mass is 32.2. The number of para-hydroxylation sites is 1. The molecule has 154 valence electrons. The van der Waals surface area contributed by atoms with Crippen LogP contribution in [0.2, 0.25) is 0 Å². The zero-order chi connectivity index (χ0) is 21.1. The van der Waals surface area contributed by atoms with Crippen LogP contribution in [-0.4, -0.2) is 31.7 Å². The summed E-state index contributed by atoms with van der Waals surface area (Å²) in [6.07, 6.45) is 2.27. The number of rotatable bonds is 8. The Kier molecular flexibility index (Phi) is 5.99. The molecule has 1 fully saturated rings. The van der Waals surface area contributed by atoms with Crippen LogP contribution in [0, 0.1) is 0 Å². The number of carbonyl (C=O) groups is 2. The first-order chi connectivity index (χ1) is 14.5. The van der Waals surface area contributed by atoms with E-state index in [4.69, 9.17) is 0 Å². The van der Waals surface area contributed by atoms with E-state index in [0.717, 1.165) is 23.8 Å². The van der Waals surface area contributed by atoms with E-state index in [2.05, 4.69) is 32.2 Å². The Labute approximate surface area is 180 Å². The van der Waals surface area contributed by atoms with E-state index in [0.29, 0.717) is 23.7 Å². The van der Waals surface area contributed by atoms with Crippen molar-refractivity contribution in [2.45, 2.75) is 49.6 Å². The summed E-state index contributed by atoms with van der Waals surface area (Å²) in [4.78, 5) is 24.6. The lowest BCUT2D eigenvalue weighted by Gasteiger charge is -2.15. The van der Waals surface area contributed by atoms with Crippen LogP contribution < -0.4 is 5.32 Å². The number of carbonyl (C=O) groups excluding carboxylic acids is 2. The second-order valence-corrected chi connectivity index (χ2v) is 8.85. The van der Waals surface area contributed by atoms with Crippen molar-refractivity contribution in [1.82, 2.24) is 14.8 Å². The van der Waals surface area contributed by atoms with Gasteiger partial charge in [-0.3, -0.25) is 9.59 Å². The summed E-state index contributed by atoms with van der Waals surface area (Å²) in [5, 5.41) is 12.0. The number of hydrogen-bond donors (Lipinski definition) is 1. The van der Waals surface area contributed by atoms with Crippen LogP contribution in [0.1, 0.15) is 54.4 Å². The maximum absolute atomic E-state index is 12.8. The fraction of sp³-hybridized carbons (Fsp3) is 0.304. The lowest BCUT2D eigenvalue weighted by Crippen LogP contribution is -2.24. The molecule has 1 atom stereocenters. The largest absolute Gasteiger partial charge is 0.324 e. The van der Waals surface area contributed by atoms with E-state index in [1.54, 1.807) is 24.3 Å². The van der Waals surface area contributed by atoms with Crippen LogP contribution >= 0.6 is 11.8 Å². The van der Waals surface area contributed by atoms with E-state index in [9.17, 15) is 9.59 Å². The number of aromatic nitrogens is 3. The molecular weight excluding hydrogens is 396 g/mol. The fourth-order valence-electron chi connectivity index (χ4n) is 3.29. The van der Waals surface area contributed by atoms with E-state index >= 15 is 0 Å². The van der Waals surface area contributed by atoms with Gasteiger partial charge in [0.25, 0.3) is 0 Å². The van der Waals surface area contributed by atoms with Gasteiger partial charge in [0.05, 0.1) is 17.5 Å². The van der Waals surface area contributed by atoms with Crippen molar-refractivity contribution in [3.8, 4) is 0 Å². The molecule has 1 amide bonds. The Balaban J connectivity index is 1.51. The van der Waals surface area contributed by atoms with Crippen LogP contribution in [-0.2, 0) is 11.3 Å². The Morgan fingerprint density at radius 1 is 1.10 bits per heavy atom. The van der Waals surface area contributed by atoms with Crippen molar-refractivity contribution >= 4 is 29.1 Å². The highest BCUT2D eigenvalue weighted by Crippen LogP contribution is 2.40. The molecule has 3 aromatic rings. The van der Waals surface area contributed by atoms with Crippen LogP contribution in [0.5, 0.6) is 0 Å². The lowest BCUT2D eigenvalue weighted by atomic mass is 10.1. The molecule has 0 saturated heterocycles.